The number of hydrogen-bond donors (Lipinski definition) is 2. The first-order chi connectivity index (χ1) is 12.1. The van der Waals surface area contributed by atoms with Crippen LogP contribution in [0.2, 0.25) is 5.02 Å². The Kier molecular flexibility index (Phi) is 5.11. The van der Waals surface area contributed by atoms with Crippen molar-refractivity contribution in [3.05, 3.63) is 76.1 Å². The number of carbonyl (C=O) groups is 1. The van der Waals surface area contributed by atoms with E-state index in [-0.39, 0.29) is 11.4 Å². The lowest BCUT2D eigenvalue weighted by Crippen LogP contribution is -2.24. The lowest BCUT2D eigenvalue weighted by atomic mass is 10.1. The zero-order valence-corrected chi connectivity index (χ0v) is 14.4. The van der Waals surface area contributed by atoms with Crippen molar-refractivity contribution in [2.24, 2.45) is 0 Å². The summed E-state index contributed by atoms with van der Waals surface area (Å²) in [7, 11) is 0. The average Bonchev–Trinajstić information content (AvgIpc) is 3.05. The number of para-hydroxylation sites is 1. The third-order valence-electron chi connectivity index (χ3n) is 3.69. The van der Waals surface area contributed by atoms with Gasteiger partial charge in [-0.3, -0.25) is 4.79 Å². The maximum atomic E-state index is 12.4. The summed E-state index contributed by atoms with van der Waals surface area (Å²) >= 11 is 6.13. The van der Waals surface area contributed by atoms with E-state index in [0.29, 0.717) is 17.3 Å². The highest BCUT2D eigenvalue weighted by Crippen LogP contribution is 2.19. The van der Waals surface area contributed by atoms with Crippen LogP contribution in [0.15, 0.2) is 48.5 Å². The van der Waals surface area contributed by atoms with Crippen molar-refractivity contribution in [3.8, 4) is 5.69 Å². The molecule has 128 valence electrons. The van der Waals surface area contributed by atoms with Crippen LogP contribution in [0.1, 0.15) is 27.3 Å². The molecule has 0 unspecified atom stereocenters. The van der Waals surface area contributed by atoms with E-state index in [1.807, 2.05) is 31.2 Å². The molecule has 0 saturated carbocycles. The predicted octanol–water partition coefficient (Wildman–Crippen LogP) is 2.65. The minimum absolute atomic E-state index is 0.0783. The summed E-state index contributed by atoms with van der Waals surface area (Å²) in [6, 6.07) is 14.9. The van der Waals surface area contributed by atoms with Crippen molar-refractivity contribution >= 4 is 17.5 Å². The van der Waals surface area contributed by atoms with Crippen LogP contribution in [0.4, 0.5) is 0 Å². The molecule has 3 rings (SSSR count). The van der Waals surface area contributed by atoms with E-state index in [9.17, 15) is 9.90 Å². The molecular weight excluding hydrogens is 340 g/mol. The highest BCUT2D eigenvalue weighted by Gasteiger charge is 2.19. The van der Waals surface area contributed by atoms with E-state index in [1.165, 1.54) is 4.80 Å². The highest BCUT2D eigenvalue weighted by atomic mass is 35.5. The van der Waals surface area contributed by atoms with Crippen LogP contribution in [-0.4, -0.2) is 26.0 Å². The number of rotatable bonds is 5. The molecule has 0 bridgehead atoms. The molecule has 2 N–H and O–H groups in total. The summed E-state index contributed by atoms with van der Waals surface area (Å²) in [5, 5.41) is 21.1. The third kappa shape index (κ3) is 3.87. The van der Waals surface area contributed by atoms with Crippen molar-refractivity contribution in [1.82, 2.24) is 20.3 Å². The molecule has 1 amide bonds. The first kappa shape index (κ1) is 17.1. The molecule has 7 heteroatoms. The van der Waals surface area contributed by atoms with Crippen LogP contribution in [0.25, 0.3) is 5.69 Å². The molecule has 0 atom stereocenters. The van der Waals surface area contributed by atoms with Crippen LogP contribution in [0, 0.1) is 6.92 Å². The van der Waals surface area contributed by atoms with E-state index in [1.54, 1.807) is 24.3 Å². The van der Waals surface area contributed by atoms with Gasteiger partial charge in [-0.2, -0.15) is 0 Å². The number of aliphatic hydroxyl groups is 1. The Morgan fingerprint density at radius 1 is 1.16 bits per heavy atom. The number of nitrogens with zero attached hydrogens (tertiary/aromatic N) is 3. The van der Waals surface area contributed by atoms with E-state index < -0.39 is 12.5 Å². The Balaban J connectivity index is 1.80. The number of aryl methyl sites for hydroxylation is 1. The molecule has 0 aliphatic heterocycles. The van der Waals surface area contributed by atoms with Gasteiger partial charge in [-0.05, 0) is 24.6 Å². The lowest BCUT2D eigenvalue weighted by Gasteiger charge is -2.04. The Morgan fingerprint density at radius 2 is 1.88 bits per heavy atom. The smallest absolute Gasteiger partial charge is 0.274 e. The summed E-state index contributed by atoms with van der Waals surface area (Å²) in [5.74, 6) is -0.400. The van der Waals surface area contributed by atoms with Gasteiger partial charge in [0.1, 0.15) is 11.4 Å². The minimum Gasteiger partial charge on any atom is -0.390 e. The SMILES string of the molecule is Cc1ccc(CNC(=O)c2nn(-c3ccccc3Cl)nc2CO)cc1. The fraction of sp³-hybridized carbons (Fsp3) is 0.167. The topological polar surface area (TPSA) is 80.0 Å². The van der Waals surface area contributed by atoms with Gasteiger partial charge in [0.25, 0.3) is 5.91 Å². The molecule has 3 aromatic rings. The molecule has 0 spiro atoms. The first-order valence-corrected chi connectivity index (χ1v) is 8.12. The molecule has 6 nitrogen and oxygen atoms in total. The zero-order valence-electron chi connectivity index (χ0n) is 13.6. The minimum atomic E-state index is -0.400. The van der Waals surface area contributed by atoms with Crippen molar-refractivity contribution < 1.29 is 9.90 Å². The number of amides is 1. The quantitative estimate of drug-likeness (QED) is 0.736. The van der Waals surface area contributed by atoms with Gasteiger partial charge in [-0.15, -0.1) is 15.0 Å². The van der Waals surface area contributed by atoms with E-state index in [4.69, 9.17) is 11.6 Å². The summed E-state index contributed by atoms with van der Waals surface area (Å²) in [5.41, 5.74) is 2.94. The molecule has 1 heterocycles. The second-order valence-electron chi connectivity index (χ2n) is 5.56. The summed E-state index contributed by atoms with van der Waals surface area (Å²) in [6.45, 7) is 1.98. The van der Waals surface area contributed by atoms with Gasteiger partial charge in [-0.1, -0.05) is 53.6 Å². The lowest BCUT2D eigenvalue weighted by molar-refractivity contribution is 0.0942. The van der Waals surface area contributed by atoms with Crippen molar-refractivity contribution in [3.63, 3.8) is 0 Å². The Morgan fingerprint density at radius 3 is 2.56 bits per heavy atom. The fourth-order valence-corrected chi connectivity index (χ4v) is 2.52. The number of aromatic nitrogens is 3. The molecule has 0 fully saturated rings. The largest absolute Gasteiger partial charge is 0.390 e. The molecule has 25 heavy (non-hydrogen) atoms. The maximum Gasteiger partial charge on any atom is 0.274 e. The highest BCUT2D eigenvalue weighted by molar-refractivity contribution is 6.32. The van der Waals surface area contributed by atoms with Crippen molar-refractivity contribution in [1.29, 1.82) is 0 Å². The van der Waals surface area contributed by atoms with Gasteiger partial charge in [0, 0.05) is 6.54 Å². The van der Waals surface area contributed by atoms with Gasteiger partial charge in [-0.25, -0.2) is 0 Å². The molecule has 0 radical (unpaired) electrons. The second kappa shape index (κ2) is 7.46. The van der Waals surface area contributed by atoms with Gasteiger partial charge in [0.2, 0.25) is 0 Å². The monoisotopic (exact) mass is 356 g/mol. The zero-order chi connectivity index (χ0) is 17.8. The molecular formula is C18H17ClN4O2. The average molecular weight is 357 g/mol. The van der Waals surface area contributed by atoms with Crippen LogP contribution >= 0.6 is 11.6 Å². The summed E-state index contributed by atoms with van der Waals surface area (Å²) in [6.07, 6.45) is 0. The van der Waals surface area contributed by atoms with Gasteiger partial charge in [0.15, 0.2) is 5.69 Å². The first-order valence-electron chi connectivity index (χ1n) is 7.74. The number of carbonyl (C=O) groups excluding carboxylic acids is 1. The second-order valence-corrected chi connectivity index (χ2v) is 5.97. The van der Waals surface area contributed by atoms with Crippen LogP contribution in [0.5, 0.6) is 0 Å². The molecule has 0 saturated heterocycles. The van der Waals surface area contributed by atoms with E-state index in [0.717, 1.165) is 11.1 Å². The fourth-order valence-electron chi connectivity index (χ4n) is 2.31. The Hall–Kier alpha value is -2.70. The van der Waals surface area contributed by atoms with Crippen LogP contribution < -0.4 is 5.32 Å². The van der Waals surface area contributed by atoms with E-state index >= 15 is 0 Å². The molecule has 0 aliphatic carbocycles. The van der Waals surface area contributed by atoms with Crippen molar-refractivity contribution in [2.75, 3.05) is 0 Å². The third-order valence-corrected chi connectivity index (χ3v) is 4.01. The van der Waals surface area contributed by atoms with Gasteiger partial charge in [0.05, 0.1) is 11.6 Å². The van der Waals surface area contributed by atoms with Gasteiger partial charge < -0.3 is 10.4 Å². The number of hydrogen-bond acceptors (Lipinski definition) is 4. The molecule has 2 aromatic carbocycles. The van der Waals surface area contributed by atoms with Crippen LogP contribution in [0.3, 0.4) is 0 Å². The maximum absolute atomic E-state index is 12.4. The molecule has 0 aliphatic rings. The standard InChI is InChI=1S/C18H17ClN4O2/c1-12-6-8-13(9-7-12)10-20-18(25)17-15(11-24)21-23(22-17)16-5-3-2-4-14(16)19/h2-9,24H,10-11H2,1H3,(H,20,25). The van der Waals surface area contributed by atoms with Crippen LogP contribution in [-0.2, 0) is 13.2 Å². The number of aliphatic hydroxyl groups excluding tert-OH is 1. The van der Waals surface area contributed by atoms with E-state index in [2.05, 4.69) is 15.5 Å². The van der Waals surface area contributed by atoms with Crippen molar-refractivity contribution in [2.45, 2.75) is 20.1 Å². The summed E-state index contributed by atoms with van der Waals surface area (Å²) in [4.78, 5) is 13.7. The number of halogens is 1. The Bertz CT molecular complexity index is 890. The number of benzene rings is 2. The Labute approximate surface area is 150 Å². The number of nitrogens with one attached hydrogen (secondary N) is 1. The normalized spacial score (nSPS) is 10.7. The molecule has 1 aromatic heterocycles. The predicted molar refractivity (Wildman–Crippen MR) is 94.6 cm³/mol. The van der Waals surface area contributed by atoms with Gasteiger partial charge >= 0.3 is 0 Å². The summed E-state index contributed by atoms with van der Waals surface area (Å²) < 4.78 is 0.